The van der Waals surface area contributed by atoms with Crippen LogP contribution in [-0.2, 0) is 0 Å². The van der Waals surface area contributed by atoms with E-state index in [-0.39, 0.29) is 6.04 Å². The van der Waals surface area contributed by atoms with Crippen LogP contribution in [-0.4, -0.2) is 7.11 Å². The van der Waals surface area contributed by atoms with Crippen LogP contribution in [0.4, 0.5) is 0 Å². The van der Waals surface area contributed by atoms with Gasteiger partial charge in [0.05, 0.1) is 12.7 Å². The summed E-state index contributed by atoms with van der Waals surface area (Å²) in [4.78, 5) is 0. The van der Waals surface area contributed by atoms with E-state index >= 15 is 0 Å². The van der Waals surface area contributed by atoms with Gasteiger partial charge in [0.1, 0.15) is 5.75 Å². The summed E-state index contributed by atoms with van der Waals surface area (Å²) in [7, 11) is 1.65. The Morgan fingerprint density at radius 3 is 2.30 bits per heavy atom. The minimum absolute atomic E-state index is 0.0261. The first-order valence-corrected chi connectivity index (χ1v) is 6.75. The SMILES string of the molecule is CCC(N)c1ccccc1C#Cc1ccccc1OC. The molecule has 0 bridgehead atoms. The molecule has 0 aliphatic carbocycles. The van der Waals surface area contributed by atoms with Gasteiger partial charge < -0.3 is 10.5 Å². The highest BCUT2D eigenvalue weighted by Crippen LogP contribution is 2.19. The molecule has 0 aromatic heterocycles. The van der Waals surface area contributed by atoms with Crippen molar-refractivity contribution >= 4 is 0 Å². The van der Waals surface area contributed by atoms with Gasteiger partial charge in [-0.15, -0.1) is 0 Å². The zero-order valence-electron chi connectivity index (χ0n) is 11.9. The van der Waals surface area contributed by atoms with Gasteiger partial charge in [-0.25, -0.2) is 0 Å². The summed E-state index contributed by atoms with van der Waals surface area (Å²) in [6, 6.07) is 15.8. The van der Waals surface area contributed by atoms with Gasteiger partial charge >= 0.3 is 0 Å². The molecule has 2 aromatic carbocycles. The van der Waals surface area contributed by atoms with Crippen molar-refractivity contribution < 1.29 is 4.74 Å². The smallest absolute Gasteiger partial charge is 0.134 e. The summed E-state index contributed by atoms with van der Waals surface area (Å²) in [5.41, 5.74) is 9.09. The van der Waals surface area contributed by atoms with E-state index in [2.05, 4.69) is 18.8 Å². The van der Waals surface area contributed by atoms with Gasteiger partial charge in [0.2, 0.25) is 0 Å². The van der Waals surface area contributed by atoms with E-state index < -0.39 is 0 Å². The van der Waals surface area contributed by atoms with Crippen LogP contribution >= 0.6 is 0 Å². The van der Waals surface area contributed by atoms with E-state index in [0.29, 0.717) is 0 Å². The second-order valence-corrected chi connectivity index (χ2v) is 4.55. The van der Waals surface area contributed by atoms with Gasteiger partial charge in [-0.1, -0.05) is 49.1 Å². The molecule has 0 aliphatic rings. The minimum Gasteiger partial charge on any atom is -0.495 e. The monoisotopic (exact) mass is 265 g/mol. The highest BCUT2D eigenvalue weighted by Gasteiger charge is 2.06. The van der Waals surface area contributed by atoms with E-state index in [9.17, 15) is 0 Å². The standard InChI is InChI=1S/C18H19NO/c1-3-17(19)16-10-6-4-8-14(16)12-13-15-9-5-7-11-18(15)20-2/h4-11,17H,3,19H2,1-2H3. The van der Waals surface area contributed by atoms with Crippen LogP contribution in [0.25, 0.3) is 0 Å². The van der Waals surface area contributed by atoms with Crippen molar-refractivity contribution in [1.29, 1.82) is 0 Å². The van der Waals surface area contributed by atoms with Crippen molar-refractivity contribution in [3.05, 3.63) is 65.2 Å². The number of nitrogens with two attached hydrogens (primary N) is 1. The van der Waals surface area contributed by atoms with Crippen molar-refractivity contribution in [3.63, 3.8) is 0 Å². The Labute approximate surface area is 120 Å². The maximum Gasteiger partial charge on any atom is 0.134 e. The molecule has 0 fully saturated rings. The summed E-state index contributed by atoms with van der Waals surface area (Å²) < 4.78 is 5.31. The van der Waals surface area contributed by atoms with E-state index in [4.69, 9.17) is 10.5 Å². The van der Waals surface area contributed by atoms with Crippen LogP contribution in [0.15, 0.2) is 48.5 Å². The first-order chi connectivity index (χ1) is 9.76. The topological polar surface area (TPSA) is 35.2 Å². The third-order valence-electron chi connectivity index (χ3n) is 3.24. The molecule has 2 nitrogen and oxygen atoms in total. The number of rotatable bonds is 3. The second kappa shape index (κ2) is 6.79. The maximum atomic E-state index is 6.13. The van der Waals surface area contributed by atoms with Crippen molar-refractivity contribution in [3.8, 4) is 17.6 Å². The normalized spacial score (nSPS) is 11.3. The summed E-state index contributed by atoms with van der Waals surface area (Å²) >= 11 is 0. The Morgan fingerprint density at radius 1 is 1.00 bits per heavy atom. The Morgan fingerprint density at radius 2 is 1.60 bits per heavy atom. The Balaban J connectivity index is 2.38. The van der Waals surface area contributed by atoms with E-state index in [1.165, 1.54) is 0 Å². The molecule has 20 heavy (non-hydrogen) atoms. The minimum atomic E-state index is 0.0261. The van der Waals surface area contributed by atoms with Gasteiger partial charge in [-0.2, -0.15) is 0 Å². The summed E-state index contributed by atoms with van der Waals surface area (Å²) in [6.07, 6.45) is 0.896. The second-order valence-electron chi connectivity index (χ2n) is 4.55. The van der Waals surface area contributed by atoms with Gasteiger partial charge in [0, 0.05) is 11.6 Å². The Hall–Kier alpha value is -2.24. The molecule has 0 saturated carbocycles. The molecule has 0 radical (unpaired) electrons. The number of methoxy groups -OCH3 is 1. The molecule has 0 heterocycles. The van der Waals surface area contributed by atoms with E-state index in [1.54, 1.807) is 7.11 Å². The molecule has 0 saturated heterocycles. The average molecular weight is 265 g/mol. The van der Waals surface area contributed by atoms with Crippen LogP contribution in [0, 0.1) is 11.8 Å². The quantitative estimate of drug-likeness (QED) is 0.862. The van der Waals surface area contributed by atoms with Crippen molar-refractivity contribution in [2.75, 3.05) is 7.11 Å². The largest absolute Gasteiger partial charge is 0.495 e. The summed E-state index contributed by atoms with van der Waals surface area (Å²) in [6.45, 7) is 2.08. The van der Waals surface area contributed by atoms with Crippen molar-refractivity contribution in [2.24, 2.45) is 5.73 Å². The first-order valence-electron chi connectivity index (χ1n) is 6.75. The van der Waals surface area contributed by atoms with Crippen LogP contribution in [0.3, 0.4) is 0 Å². The zero-order chi connectivity index (χ0) is 14.4. The van der Waals surface area contributed by atoms with Gasteiger partial charge in [-0.3, -0.25) is 0 Å². The zero-order valence-corrected chi connectivity index (χ0v) is 11.9. The van der Waals surface area contributed by atoms with Gasteiger partial charge in [0.25, 0.3) is 0 Å². The van der Waals surface area contributed by atoms with Crippen molar-refractivity contribution in [1.82, 2.24) is 0 Å². The number of benzene rings is 2. The van der Waals surface area contributed by atoms with Gasteiger partial charge in [-0.05, 0) is 30.2 Å². The van der Waals surface area contributed by atoms with Crippen molar-refractivity contribution in [2.45, 2.75) is 19.4 Å². The predicted molar refractivity (Wildman–Crippen MR) is 82.6 cm³/mol. The van der Waals surface area contributed by atoms with Gasteiger partial charge in [0.15, 0.2) is 0 Å². The lowest BCUT2D eigenvalue weighted by Crippen LogP contribution is -2.10. The van der Waals surface area contributed by atoms with Crippen LogP contribution < -0.4 is 10.5 Å². The summed E-state index contributed by atoms with van der Waals surface area (Å²) in [5.74, 6) is 7.17. The highest BCUT2D eigenvalue weighted by molar-refractivity contribution is 5.51. The highest BCUT2D eigenvalue weighted by atomic mass is 16.5. The number of hydrogen-bond acceptors (Lipinski definition) is 2. The Kier molecular flexibility index (Phi) is 4.81. The number of ether oxygens (including phenoxy) is 1. The molecule has 2 N–H and O–H groups in total. The molecule has 0 spiro atoms. The molecular weight excluding hydrogens is 246 g/mol. The lowest BCUT2D eigenvalue weighted by Gasteiger charge is -2.11. The third kappa shape index (κ3) is 3.20. The predicted octanol–water partition coefficient (Wildman–Crippen LogP) is 3.50. The lowest BCUT2D eigenvalue weighted by molar-refractivity contribution is 0.413. The van der Waals surface area contributed by atoms with E-state index in [0.717, 1.165) is 28.9 Å². The number of hydrogen-bond donors (Lipinski definition) is 1. The molecule has 102 valence electrons. The molecule has 2 aromatic rings. The third-order valence-corrected chi connectivity index (χ3v) is 3.24. The molecule has 1 unspecified atom stereocenters. The lowest BCUT2D eigenvalue weighted by atomic mass is 9.99. The van der Waals surface area contributed by atoms with Crippen LogP contribution in [0.2, 0.25) is 0 Å². The molecule has 0 amide bonds. The maximum absolute atomic E-state index is 6.13. The van der Waals surface area contributed by atoms with Crippen LogP contribution in [0.5, 0.6) is 5.75 Å². The fraction of sp³-hybridized carbons (Fsp3) is 0.222. The average Bonchev–Trinajstić information content (AvgIpc) is 2.52. The molecule has 2 heteroatoms. The molecular formula is C18H19NO. The fourth-order valence-corrected chi connectivity index (χ4v) is 2.04. The van der Waals surface area contributed by atoms with Crippen LogP contribution in [0.1, 0.15) is 36.1 Å². The summed E-state index contributed by atoms with van der Waals surface area (Å²) in [5, 5.41) is 0. The first kappa shape index (κ1) is 14.2. The molecule has 2 rings (SSSR count). The molecule has 0 aliphatic heterocycles. The number of para-hydroxylation sites is 1. The Bertz CT molecular complexity index is 637. The van der Waals surface area contributed by atoms with E-state index in [1.807, 2.05) is 48.5 Å². The fourth-order valence-electron chi connectivity index (χ4n) is 2.04. The molecule has 1 atom stereocenters.